The first-order chi connectivity index (χ1) is 33.9. The fourth-order valence-electron chi connectivity index (χ4n) is 8.73. The Morgan fingerprint density at radius 3 is 2.10 bits per heavy atom. The van der Waals surface area contributed by atoms with Crippen molar-refractivity contribution in [1.82, 2.24) is 24.8 Å². The molecule has 16 nitrogen and oxygen atoms in total. The van der Waals surface area contributed by atoms with Crippen LogP contribution in [0.2, 0.25) is 5.02 Å². The molecular weight excluding hydrogens is 912 g/mol. The Labute approximate surface area is 404 Å². The van der Waals surface area contributed by atoms with Gasteiger partial charge in [0.15, 0.2) is 16.9 Å². The number of aromatic carboxylic acids is 1. The Morgan fingerprint density at radius 2 is 1.44 bits per heavy atom. The SMILES string of the molecule is CNC1=[N+](C)C(O)C(O)=C(c2nc3ccccc3o2)N1c1ccccc1Cc1ccc(Oc2c(-c3nc4ccccc4o3)nc(N(C)C(c3ccccc3)c3ccc(C(=O)O)cc3)n(C)c2=O)cc1Cl. The normalized spacial score (nSPS) is 14.4. The number of fused-ring (bicyclic) bond motifs is 2. The molecule has 350 valence electrons. The van der Waals surface area contributed by atoms with Crippen LogP contribution in [0, 0.1) is 0 Å². The zero-order chi connectivity index (χ0) is 48.8. The molecule has 3 aromatic heterocycles. The minimum atomic E-state index is -1.40. The summed E-state index contributed by atoms with van der Waals surface area (Å²) in [7, 11) is 6.76. The van der Waals surface area contributed by atoms with E-state index in [1.54, 1.807) is 99.8 Å². The summed E-state index contributed by atoms with van der Waals surface area (Å²) in [6.07, 6.45) is -1.10. The number of para-hydroxylation sites is 5. The lowest BCUT2D eigenvalue weighted by atomic mass is 9.96. The standard InChI is InChI=1S/C53H43ClN8O8/c1-55-52-60(3)49(64)45(63)44(48-57-38-18-10-13-21-41(38)70-48)62(52)39-19-11-8-16-34(39)28-33-26-27-35(29-36(33)54)68-46-42(47-56-37-17-9-12-20-40(37)69-47)58-53(61(4)50(46)65)59(2)43(30-14-6-5-7-15-30)31-22-24-32(25-23-31)51(66)67/h5-27,29,43,49,64H,28H2,1-4H3,(H2,57,63,66,67)/p+1. The van der Waals surface area contributed by atoms with E-state index >= 15 is 0 Å². The van der Waals surface area contributed by atoms with Gasteiger partial charge in [0.25, 0.3) is 17.3 Å². The minimum Gasteiger partial charge on any atom is -0.504 e. The van der Waals surface area contributed by atoms with Crippen molar-refractivity contribution in [2.24, 2.45) is 7.05 Å². The number of benzene rings is 6. The summed E-state index contributed by atoms with van der Waals surface area (Å²) in [5, 5.41) is 35.9. The Bertz CT molecular complexity index is 3540. The molecule has 10 rings (SSSR count). The van der Waals surface area contributed by atoms with E-state index in [0.717, 1.165) is 16.7 Å². The summed E-state index contributed by atoms with van der Waals surface area (Å²) < 4.78 is 21.7. The van der Waals surface area contributed by atoms with Gasteiger partial charge in [0.05, 0.1) is 25.7 Å². The first-order valence-corrected chi connectivity index (χ1v) is 22.4. The molecule has 1 aliphatic rings. The van der Waals surface area contributed by atoms with Crippen molar-refractivity contribution in [3.8, 4) is 23.1 Å². The second-order valence-corrected chi connectivity index (χ2v) is 17.0. The van der Waals surface area contributed by atoms with Gasteiger partial charge in [0.1, 0.15) is 22.5 Å². The highest BCUT2D eigenvalue weighted by Crippen LogP contribution is 2.39. The number of likely N-dealkylation sites (N-methyl/N-ethyl adjacent to an activating group) is 1. The van der Waals surface area contributed by atoms with Crippen LogP contribution in [0.25, 0.3) is 39.5 Å². The molecule has 1 aliphatic heterocycles. The van der Waals surface area contributed by atoms with E-state index in [2.05, 4.69) is 10.3 Å². The van der Waals surface area contributed by atoms with Gasteiger partial charge in [0.2, 0.25) is 29.4 Å². The van der Waals surface area contributed by atoms with E-state index in [9.17, 15) is 24.9 Å². The average Bonchev–Trinajstić information content (AvgIpc) is 4.01. The number of carboxylic acids is 1. The Kier molecular flexibility index (Phi) is 11.8. The third-order valence-corrected chi connectivity index (χ3v) is 12.6. The first-order valence-electron chi connectivity index (χ1n) is 22.1. The van der Waals surface area contributed by atoms with Crippen molar-refractivity contribution in [3.05, 3.63) is 200 Å². The highest BCUT2D eigenvalue weighted by Gasteiger charge is 2.43. The molecule has 4 N–H and O–H groups in total. The van der Waals surface area contributed by atoms with Crippen LogP contribution in [0.3, 0.4) is 0 Å². The number of aliphatic hydroxyl groups excluding tert-OH is 2. The molecule has 0 fully saturated rings. The van der Waals surface area contributed by atoms with E-state index in [-0.39, 0.29) is 51.9 Å². The van der Waals surface area contributed by atoms with Crippen LogP contribution >= 0.6 is 11.6 Å². The fourth-order valence-corrected chi connectivity index (χ4v) is 8.97. The molecule has 0 radical (unpaired) electrons. The zero-order valence-electron chi connectivity index (χ0n) is 38.1. The number of carboxylic acid groups (broad SMARTS) is 1. The third-order valence-electron chi connectivity index (χ3n) is 12.2. The first kappa shape index (κ1) is 45.1. The summed E-state index contributed by atoms with van der Waals surface area (Å²) in [5.41, 5.74) is 5.67. The number of hydrogen-bond acceptors (Lipinski definition) is 13. The quantitative estimate of drug-likeness (QED) is 0.0847. The van der Waals surface area contributed by atoms with Gasteiger partial charge in [0, 0.05) is 25.5 Å². The fraction of sp³-hybridized carbons (Fsp3) is 0.132. The molecule has 17 heteroatoms. The number of nitrogens with one attached hydrogen (secondary N) is 1. The number of halogens is 1. The smallest absolute Gasteiger partial charge is 0.360 e. The number of anilines is 2. The lowest BCUT2D eigenvalue weighted by Crippen LogP contribution is -2.52. The van der Waals surface area contributed by atoms with Crippen molar-refractivity contribution in [2.45, 2.75) is 18.7 Å². The monoisotopic (exact) mass is 955 g/mol. The van der Waals surface area contributed by atoms with Crippen molar-refractivity contribution >= 4 is 63.1 Å². The third kappa shape index (κ3) is 8.14. The second-order valence-electron chi connectivity index (χ2n) is 16.6. The summed E-state index contributed by atoms with van der Waals surface area (Å²) in [6.45, 7) is 0. The van der Waals surface area contributed by atoms with E-state index < -0.39 is 23.8 Å². The zero-order valence-corrected chi connectivity index (χ0v) is 38.9. The van der Waals surface area contributed by atoms with E-state index in [1.165, 1.54) is 9.14 Å². The summed E-state index contributed by atoms with van der Waals surface area (Å²) in [6, 6.07) is 42.8. The summed E-state index contributed by atoms with van der Waals surface area (Å²) in [5.74, 6) is -0.480. The minimum absolute atomic E-state index is 0.0440. The van der Waals surface area contributed by atoms with E-state index in [1.807, 2.05) is 83.8 Å². The largest absolute Gasteiger partial charge is 0.504 e. The van der Waals surface area contributed by atoms with Gasteiger partial charge in [-0.05, 0) is 76.9 Å². The van der Waals surface area contributed by atoms with Gasteiger partial charge in [-0.1, -0.05) is 103 Å². The number of aromatic nitrogens is 4. The number of ether oxygens (including phenoxy) is 1. The number of oxazole rings is 2. The van der Waals surface area contributed by atoms with Gasteiger partial charge in [-0.3, -0.25) is 14.7 Å². The maximum absolute atomic E-state index is 14.7. The van der Waals surface area contributed by atoms with Crippen LogP contribution in [0.5, 0.6) is 11.5 Å². The lowest BCUT2D eigenvalue weighted by molar-refractivity contribution is -0.580. The average molecular weight is 956 g/mol. The number of rotatable bonds is 12. The van der Waals surface area contributed by atoms with Crippen LogP contribution in [-0.2, 0) is 13.5 Å². The predicted octanol–water partition coefficient (Wildman–Crippen LogP) is 8.97. The van der Waals surface area contributed by atoms with Crippen molar-refractivity contribution in [2.75, 3.05) is 30.9 Å². The van der Waals surface area contributed by atoms with Crippen LogP contribution in [0.15, 0.2) is 165 Å². The van der Waals surface area contributed by atoms with Crippen LogP contribution in [-0.4, -0.2) is 78.7 Å². The Balaban J connectivity index is 1.02. The van der Waals surface area contributed by atoms with E-state index in [0.29, 0.717) is 50.9 Å². The van der Waals surface area contributed by atoms with Gasteiger partial charge < -0.3 is 33.8 Å². The molecule has 0 bridgehead atoms. The number of nitrogens with zero attached hydrogens (tertiary/aromatic N) is 7. The lowest BCUT2D eigenvalue weighted by Gasteiger charge is -2.31. The van der Waals surface area contributed by atoms with Crippen LogP contribution < -0.4 is 25.4 Å². The number of hydrogen-bond donors (Lipinski definition) is 4. The number of carbonyl (C=O) groups is 1. The van der Waals surface area contributed by atoms with Gasteiger partial charge >= 0.3 is 11.9 Å². The van der Waals surface area contributed by atoms with Crippen LogP contribution in [0.1, 0.15) is 44.5 Å². The Hall–Kier alpha value is -8.73. The Morgan fingerprint density at radius 1 is 0.829 bits per heavy atom. The van der Waals surface area contributed by atoms with Crippen molar-refractivity contribution in [3.63, 3.8) is 0 Å². The molecule has 0 saturated carbocycles. The van der Waals surface area contributed by atoms with Gasteiger partial charge in [-0.2, -0.15) is 4.90 Å². The summed E-state index contributed by atoms with van der Waals surface area (Å²) >= 11 is 7.11. The molecule has 0 amide bonds. The van der Waals surface area contributed by atoms with Crippen molar-refractivity contribution in [1.29, 1.82) is 0 Å². The highest BCUT2D eigenvalue weighted by atomic mass is 35.5. The molecule has 4 heterocycles. The molecular formula is C53H44ClN8O8+. The molecule has 9 aromatic rings. The highest BCUT2D eigenvalue weighted by molar-refractivity contribution is 6.31. The molecule has 70 heavy (non-hydrogen) atoms. The molecule has 0 spiro atoms. The maximum Gasteiger partial charge on any atom is 0.360 e. The molecule has 2 unspecified atom stereocenters. The maximum atomic E-state index is 14.7. The number of aliphatic hydroxyl groups is 2. The van der Waals surface area contributed by atoms with Gasteiger partial charge in [-0.25, -0.2) is 24.3 Å². The predicted molar refractivity (Wildman–Crippen MR) is 266 cm³/mol. The van der Waals surface area contributed by atoms with Crippen LogP contribution in [0.4, 0.5) is 11.6 Å². The van der Waals surface area contributed by atoms with E-state index in [4.69, 9.17) is 35.1 Å². The van der Waals surface area contributed by atoms with Gasteiger partial charge in [-0.15, -0.1) is 0 Å². The van der Waals surface area contributed by atoms with Crippen molar-refractivity contribution < 1.29 is 38.3 Å². The molecule has 2 atom stereocenters. The molecule has 6 aromatic carbocycles. The number of guanidine groups is 1. The summed E-state index contributed by atoms with van der Waals surface area (Å²) in [4.78, 5) is 44.5. The topological polar surface area (TPSA) is 195 Å². The second kappa shape index (κ2) is 18.4. The molecule has 0 saturated heterocycles. The molecule has 0 aliphatic carbocycles.